The predicted octanol–water partition coefficient (Wildman–Crippen LogP) is 3.62. The first-order valence-corrected chi connectivity index (χ1v) is 10.8. The number of thioether (sulfide) groups is 1. The first kappa shape index (κ1) is 19.8. The summed E-state index contributed by atoms with van der Waals surface area (Å²) in [5.74, 6) is 3.30. The van der Waals surface area contributed by atoms with E-state index in [1.807, 2.05) is 29.7 Å². The van der Waals surface area contributed by atoms with E-state index < -0.39 is 0 Å². The molecule has 6 heteroatoms. The molecule has 1 saturated heterocycles. The van der Waals surface area contributed by atoms with E-state index in [0.29, 0.717) is 25.3 Å². The summed E-state index contributed by atoms with van der Waals surface area (Å²) >= 11 is 1.89. The van der Waals surface area contributed by atoms with Crippen molar-refractivity contribution in [3.63, 3.8) is 0 Å². The zero-order chi connectivity index (χ0) is 18.7. The van der Waals surface area contributed by atoms with Crippen LogP contribution in [0.25, 0.3) is 0 Å². The summed E-state index contributed by atoms with van der Waals surface area (Å²) in [5.41, 5.74) is 0.961. The Kier molecular flexibility index (Phi) is 6.36. The molecule has 26 heavy (non-hydrogen) atoms. The van der Waals surface area contributed by atoms with Gasteiger partial charge < -0.3 is 19.2 Å². The number of aryl methyl sites for hydroxylation is 1. The van der Waals surface area contributed by atoms with Crippen LogP contribution in [0.1, 0.15) is 60.9 Å². The van der Waals surface area contributed by atoms with Crippen molar-refractivity contribution >= 4 is 17.7 Å². The number of rotatable bonds is 7. The van der Waals surface area contributed by atoms with Crippen LogP contribution < -0.4 is 0 Å². The van der Waals surface area contributed by atoms with Gasteiger partial charge in [-0.1, -0.05) is 13.3 Å². The molecule has 1 aromatic heterocycles. The summed E-state index contributed by atoms with van der Waals surface area (Å²) in [6, 6.07) is 1.91. The van der Waals surface area contributed by atoms with Gasteiger partial charge in [-0.15, -0.1) is 0 Å². The molecule has 1 amide bonds. The monoisotopic (exact) mass is 381 g/mol. The van der Waals surface area contributed by atoms with E-state index in [1.54, 1.807) is 7.11 Å². The molecule has 0 bridgehead atoms. The number of aliphatic hydroxyl groups is 1. The molecule has 1 aliphatic carbocycles. The lowest BCUT2D eigenvalue weighted by Crippen LogP contribution is -2.62. The highest BCUT2D eigenvalue weighted by atomic mass is 32.2. The fourth-order valence-electron chi connectivity index (χ4n) is 4.19. The van der Waals surface area contributed by atoms with Crippen LogP contribution in [0.3, 0.4) is 0 Å². The molecule has 1 N–H and O–H groups in total. The van der Waals surface area contributed by atoms with Crippen molar-refractivity contribution in [3.05, 3.63) is 23.2 Å². The number of carbonyl (C=O) groups excluding carboxylic acids is 1. The highest BCUT2D eigenvalue weighted by Crippen LogP contribution is 2.50. The Morgan fingerprint density at radius 2 is 2.19 bits per heavy atom. The SMILES string of the molecule is CCCCSCc1cc(C(=O)N2CCC3(CC2)[C@H](O)C[C@@H]3OC)oc1C. The summed E-state index contributed by atoms with van der Waals surface area (Å²) in [6.45, 7) is 5.43. The lowest BCUT2D eigenvalue weighted by Gasteiger charge is -2.56. The number of unbranched alkanes of at least 4 members (excludes halogenated alkanes) is 1. The number of methoxy groups -OCH3 is 1. The molecule has 1 saturated carbocycles. The van der Waals surface area contributed by atoms with Crippen molar-refractivity contribution in [2.45, 2.75) is 63.9 Å². The Hall–Kier alpha value is -0.980. The smallest absolute Gasteiger partial charge is 0.289 e. The molecule has 2 heterocycles. The fourth-order valence-corrected chi connectivity index (χ4v) is 5.34. The first-order valence-electron chi connectivity index (χ1n) is 9.69. The maximum absolute atomic E-state index is 12.8. The molecule has 1 aromatic rings. The van der Waals surface area contributed by atoms with Gasteiger partial charge in [-0.3, -0.25) is 4.79 Å². The quantitative estimate of drug-likeness (QED) is 0.731. The molecule has 1 aliphatic heterocycles. The van der Waals surface area contributed by atoms with Crippen LogP contribution in [0, 0.1) is 12.3 Å². The molecule has 146 valence electrons. The summed E-state index contributed by atoms with van der Waals surface area (Å²) < 4.78 is 11.3. The van der Waals surface area contributed by atoms with Crippen molar-refractivity contribution in [1.29, 1.82) is 0 Å². The maximum Gasteiger partial charge on any atom is 0.289 e. The van der Waals surface area contributed by atoms with Crippen LogP contribution in [0.4, 0.5) is 0 Å². The third kappa shape index (κ3) is 3.69. The number of ether oxygens (including phenoxy) is 1. The first-order chi connectivity index (χ1) is 12.5. The van der Waals surface area contributed by atoms with Gasteiger partial charge >= 0.3 is 0 Å². The van der Waals surface area contributed by atoms with Gasteiger partial charge in [0.15, 0.2) is 5.76 Å². The normalized spacial score (nSPS) is 24.7. The van der Waals surface area contributed by atoms with Crippen molar-refractivity contribution in [3.8, 4) is 0 Å². The molecule has 3 rings (SSSR count). The molecule has 0 radical (unpaired) electrons. The van der Waals surface area contributed by atoms with Crippen LogP contribution in [0.2, 0.25) is 0 Å². The van der Waals surface area contributed by atoms with Crippen molar-refractivity contribution in [2.24, 2.45) is 5.41 Å². The Morgan fingerprint density at radius 1 is 1.46 bits per heavy atom. The van der Waals surface area contributed by atoms with Gasteiger partial charge in [0.05, 0.1) is 12.2 Å². The average molecular weight is 382 g/mol. The summed E-state index contributed by atoms with van der Waals surface area (Å²) in [6.07, 6.45) is 4.53. The highest BCUT2D eigenvalue weighted by molar-refractivity contribution is 7.98. The Bertz CT molecular complexity index is 621. The summed E-state index contributed by atoms with van der Waals surface area (Å²) in [4.78, 5) is 14.7. The van der Waals surface area contributed by atoms with Gasteiger partial charge in [0, 0.05) is 43.4 Å². The number of amides is 1. The van der Waals surface area contributed by atoms with Gasteiger partial charge in [0.1, 0.15) is 5.76 Å². The third-order valence-electron chi connectivity index (χ3n) is 6.14. The molecule has 0 unspecified atom stereocenters. The van der Waals surface area contributed by atoms with Gasteiger partial charge in [0.2, 0.25) is 0 Å². The van der Waals surface area contributed by atoms with Crippen LogP contribution in [-0.4, -0.2) is 54.1 Å². The number of carbonyl (C=O) groups is 1. The number of hydrogen-bond acceptors (Lipinski definition) is 5. The second-order valence-corrected chi connectivity index (χ2v) is 8.70. The highest BCUT2D eigenvalue weighted by Gasteiger charge is 2.56. The van der Waals surface area contributed by atoms with Crippen LogP contribution in [-0.2, 0) is 10.5 Å². The minimum atomic E-state index is -0.303. The number of likely N-dealkylation sites (tertiary alicyclic amines) is 1. The van der Waals surface area contributed by atoms with E-state index in [0.717, 1.165) is 35.7 Å². The second kappa shape index (κ2) is 8.36. The summed E-state index contributed by atoms with van der Waals surface area (Å²) in [7, 11) is 1.71. The molecular formula is C20H31NO4S. The fraction of sp³-hybridized carbons (Fsp3) is 0.750. The van der Waals surface area contributed by atoms with Gasteiger partial charge in [-0.2, -0.15) is 11.8 Å². The molecule has 5 nitrogen and oxygen atoms in total. The molecule has 1 spiro atoms. The lowest BCUT2D eigenvalue weighted by atomic mass is 9.58. The number of piperidine rings is 1. The minimum Gasteiger partial charge on any atom is -0.456 e. The molecule has 2 fully saturated rings. The number of hydrogen-bond donors (Lipinski definition) is 1. The third-order valence-corrected chi connectivity index (χ3v) is 7.23. The second-order valence-electron chi connectivity index (χ2n) is 7.60. The van der Waals surface area contributed by atoms with Crippen molar-refractivity contribution in [2.75, 3.05) is 26.0 Å². The van der Waals surface area contributed by atoms with Gasteiger partial charge in [-0.25, -0.2) is 0 Å². The van der Waals surface area contributed by atoms with E-state index in [-0.39, 0.29) is 23.5 Å². The number of furan rings is 1. The number of aliphatic hydroxyl groups excluding tert-OH is 1. The van der Waals surface area contributed by atoms with Crippen LogP contribution in [0.15, 0.2) is 10.5 Å². The summed E-state index contributed by atoms with van der Waals surface area (Å²) in [5, 5.41) is 10.2. The largest absolute Gasteiger partial charge is 0.456 e. The lowest BCUT2D eigenvalue weighted by molar-refractivity contribution is -0.199. The topological polar surface area (TPSA) is 62.9 Å². The maximum atomic E-state index is 12.8. The Labute approximate surface area is 160 Å². The molecule has 0 aromatic carbocycles. The van der Waals surface area contributed by atoms with E-state index in [2.05, 4.69) is 6.92 Å². The zero-order valence-electron chi connectivity index (χ0n) is 16.1. The average Bonchev–Trinajstić information content (AvgIpc) is 3.03. The minimum absolute atomic E-state index is 0.0319. The molecule has 2 atom stereocenters. The Morgan fingerprint density at radius 3 is 2.81 bits per heavy atom. The number of nitrogens with zero attached hydrogens (tertiary/aromatic N) is 1. The zero-order valence-corrected chi connectivity index (χ0v) is 16.9. The van der Waals surface area contributed by atoms with Crippen molar-refractivity contribution in [1.82, 2.24) is 4.90 Å². The van der Waals surface area contributed by atoms with Crippen LogP contribution in [0.5, 0.6) is 0 Å². The van der Waals surface area contributed by atoms with Crippen LogP contribution >= 0.6 is 11.8 Å². The van der Waals surface area contributed by atoms with E-state index in [1.165, 1.54) is 12.8 Å². The van der Waals surface area contributed by atoms with E-state index >= 15 is 0 Å². The molecular weight excluding hydrogens is 350 g/mol. The molecule has 2 aliphatic rings. The van der Waals surface area contributed by atoms with E-state index in [9.17, 15) is 9.90 Å². The Balaban J connectivity index is 1.57. The van der Waals surface area contributed by atoms with E-state index in [4.69, 9.17) is 9.15 Å². The van der Waals surface area contributed by atoms with Gasteiger partial charge in [-0.05, 0) is 38.0 Å². The standard InChI is InChI=1S/C20H31NO4S/c1-4-5-10-26-13-15-11-16(25-14(15)2)19(23)21-8-6-20(7-9-21)17(22)12-18(20)24-3/h11,17-18,22H,4-10,12-13H2,1-3H3/t17-,18+/m1/s1. The van der Waals surface area contributed by atoms with Crippen molar-refractivity contribution < 1.29 is 19.1 Å². The van der Waals surface area contributed by atoms with Gasteiger partial charge in [0.25, 0.3) is 5.91 Å². The predicted molar refractivity (Wildman–Crippen MR) is 104 cm³/mol.